The van der Waals surface area contributed by atoms with E-state index in [2.05, 4.69) is 5.32 Å². The third kappa shape index (κ3) is 5.87. The molecular weight excluding hydrogens is 404 g/mol. The van der Waals surface area contributed by atoms with Gasteiger partial charge in [0.05, 0.1) is 11.5 Å². The van der Waals surface area contributed by atoms with Crippen molar-refractivity contribution in [1.29, 1.82) is 0 Å². The molecular formula is C18H22N2O10. The first-order valence-corrected chi connectivity index (χ1v) is 8.91. The smallest absolute Gasteiger partial charge is 0.303 e. The van der Waals surface area contributed by atoms with Gasteiger partial charge in [-0.3, -0.25) is 24.5 Å². The van der Waals surface area contributed by atoms with Gasteiger partial charge in [-0.25, -0.2) is 0 Å². The monoisotopic (exact) mass is 426 g/mol. The van der Waals surface area contributed by atoms with E-state index in [1.54, 1.807) is 0 Å². The summed E-state index contributed by atoms with van der Waals surface area (Å²) in [6, 6.07) is 3.94. The quantitative estimate of drug-likeness (QED) is 0.346. The van der Waals surface area contributed by atoms with Gasteiger partial charge in [0.2, 0.25) is 12.2 Å². The van der Waals surface area contributed by atoms with Crippen LogP contribution in [0.25, 0.3) is 0 Å². The van der Waals surface area contributed by atoms with Crippen LogP contribution >= 0.6 is 0 Å². The van der Waals surface area contributed by atoms with Crippen LogP contribution in [0.4, 0.5) is 5.69 Å². The Morgan fingerprint density at radius 2 is 1.67 bits per heavy atom. The van der Waals surface area contributed by atoms with Gasteiger partial charge in [0.25, 0.3) is 5.69 Å². The van der Waals surface area contributed by atoms with E-state index in [9.17, 15) is 29.6 Å². The van der Waals surface area contributed by atoms with Gasteiger partial charge >= 0.3 is 11.9 Å². The molecule has 2 rings (SSSR count). The molecule has 0 aliphatic carbocycles. The molecule has 1 aromatic carbocycles. The fraction of sp³-hybridized carbons (Fsp3) is 0.500. The first kappa shape index (κ1) is 23.0. The normalized spacial score (nSPS) is 25.7. The molecule has 1 heterocycles. The molecule has 0 spiro atoms. The highest BCUT2D eigenvalue weighted by atomic mass is 16.7. The van der Waals surface area contributed by atoms with Crippen LogP contribution in [-0.4, -0.2) is 65.1 Å². The van der Waals surface area contributed by atoms with Crippen molar-refractivity contribution in [2.75, 3.05) is 6.61 Å². The number of nitrogens with one attached hydrogen (secondary N) is 1. The van der Waals surface area contributed by atoms with Gasteiger partial charge < -0.3 is 29.4 Å². The number of esters is 2. The van der Waals surface area contributed by atoms with Crippen LogP contribution in [0, 0.1) is 10.1 Å². The van der Waals surface area contributed by atoms with Crippen LogP contribution in [0.5, 0.6) is 5.75 Å². The van der Waals surface area contributed by atoms with Gasteiger partial charge in [-0.1, -0.05) is 0 Å². The molecule has 1 fully saturated rings. The molecule has 0 unspecified atom stereocenters. The maximum Gasteiger partial charge on any atom is 0.303 e. The summed E-state index contributed by atoms with van der Waals surface area (Å²) in [5.74, 6) is -1.79. The number of aliphatic hydroxyl groups excluding tert-OH is 1. The van der Waals surface area contributed by atoms with Gasteiger partial charge in [0, 0.05) is 32.9 Å². The Morgan fingerprint density at radius 3 is 2.13 bits per heavy atom. The predicted molar refractivity (Wildman–Crippen MR) is 98.2 cm³/mol. The fourth-order valence-corrected chi connectivity index (χ4v) is 2.99. The van der Waals surface area contributed by atoms with Crippen LogP contribution in [0.1, 0.15) is 20.8 Å². The molecule has 0 bridgehead atoms. The molecule has 12 nitrogen and oxygen atoms in total. The number of nitro benzene ring substituents is 1. The van der Waals surface area contributed by atoms with Crippen molar-refractivity contribution in [2.45, 2.75) is 51.4 Å². The number of nitro groups is 1. The number of aliphatic hydroxyl groups is 1. The molecule has 5 atom stereocenters. The lowest BCUT2D eigenvalue weighted by Gasteiger charge is -2.44. The summed E-state index contributed by atoms with van der Waals surface area (Å²) >= 11 is 0. The summed E-state index contributed by atoms with van der Waals surface area (Å²) < 4.78 is 21.8. The van der Waals surface area contributed by atoms with Crippen molar-refractivity contribution in [3.05, 3.63) is 34.4 Å². The van der Waals surface area contributed by atoms with Crippen LogP contribution in [-0.2, 0) is 28.6 Å². The molecule has 1 saturated heterocycles. The first-order valence-electron chi connectivity index (χ1n) is 8.91. The van der Waals surface area contributed by atoms with Crippen molar-refractivity contribution < 1.29 is 43.4 Å². The lowest BCUT2D eigenvalue weighted by molar-refractivity contribution is -0.384. The third-order valence-corrected chi connectivity index (χ3v) is 4.10. The summed E-state index contributed by atoms with van der Waals surface area (Å²) in [6.07, 6.45) is -4.86. The Morgan fingerprint density at radius 1 is 1.10 bits per heavy atom. The minimum Gasteiger partial charge on any atom is -0.463 e. The number of hydrogen-bond acceptors (Lipinski definition) is 10. The minimum absolute atomic E-state index is 0.158. The van der Waals surface area contributed by atoms with Gasteiger partial charge in [-0.15, -0.1) is 0 Å². The Labute approximate surface area is 171 Å². The lowest BCUT2D eigenvalue weighted by Crippen LogP contribution is -2.67. The molecule has 1 amide bonds. The molecule has 0 aromatic heterocycles. The highest BCUT2D eigenvalue weighted by Crippen LogP contribution is 2.29. The average molecular weight is 426 g/mol. The van der Waals surface area contributed by atoms with Crippen LogP contribution < -0.4 is 10.1 Å². The van der Waals surface area contributed by atoms with Crippen molar-refractivity contribution in [2.24, 2.45) is 0 Å². The molecule has 1 aliphatic rings. The van der Waals surface area contributed by atoms with E-state index in [1.165, 1.54) is 31.2 Å². The van der Waals surface area contributed by atoms with E-state index < -0.39 is 60.0 Å². The second kappa shape index (κ2) is 9.98. The molecule has 164 valence electrons. The van der Waals surface area contributed by atoms with E-state index in [1.807, 2.05) is 0 Å². The topological polar surface area (TPSA) is 164 Å². The Bertz CT molecular complexity index is 797. The summed E-state index contributed by atoms with van der Waals surface area (Å²) in [7, 11) is 0. The van der Waals surface area contributed by atoms with E-state index in [4.69, 9.17) is 18.9 Å². The number of benzene rings is 1. The van der Waals surface area contributed by atoms with Gasteiger partial charge in [0.1, 0.15) is 17.9 Å². The Hall–Kier alpha value is -3.25. The highest BCUT2D eigenvalue weighted by Gasteiger charge is 2.51. The summed E-state index contributed by atoms with van der Waals surface area (Å²) in [6.45, 7) is 2.87. The van der Waals surface area contributed by atoms with Crippen molar-refractivity contribution >= 4 is 23.5 Å². The number of amides is 1. The average Bonchev–Trinajstić information content (AvgIpc) is 2.65. The molecule has 0 radical (unpaired) electrons. The number of carbonyl (C=O) groups is 3. The predicted octanol–water partition coefficient (Wildman–Crippen LogP) is 0.0589. The molecule has 1 aliphatic heterocycles. The van der Waals surface area contributed by atoms with Crippen molar-refractivity contribution in [3.8, 4) is 5.75 Å². The molecule has 2 N–H and O–H groups in total. The zero-order valence-corrected chi connectivity index (χ0v) is 16.5. The second-order valence-electron chi connectivity index (χ2n) is 6.47. The Balaban J connectivity index is 2.38. The van der Waals surface area contributed by atoms with E-state index in [0.29, 0.717) is 0 Å². The molecule has 30 heavy (non-hydrogen) atoms. The minimum atomic E-state index is -1.27. The van der Waals surface area contributed by atoms with Gasteiger partial charge in [-0.2, -0.15) is 0 Å². The van der Waals surface area contributed by atoms with Crippen molar-refractivity contribution in [3.63, 3.8) is 0 Å². The fourth-order valence-electron chi connectivity index (χ4n) is 2.99. The largest absolute Gasteiger partial charge is 0.463 e. The van der Waals surface area contributed by atoms with E-state index >= 15 is 0 Å². The standard InChI is InChI=1S/C18H22N2O10/c1-9(22)19-15-17(28-11(3)24)16(27-10(2)23)14(8-21)30-18(15)29-13-6-4-12(5-7-13)20(25)26/h4-7,14-18,21H,8H2,1-3H3,(H,19,22)/t14-,15-,16-,17-,18-/m1/s1. The number of carbonyl (C=O) groups excluding carboxylic acids is 3. The zero-order chi connectivity index (χ0) is 22.4. The summed E-state index contributed by atoms with van der Waals surface area (Å²) in [5.41, 5.74) is -0.161. The highest BCUT2D eigenvalue weighted by molar-refractivity contribution is 5.73. The van der Waals surface area contributed by atoms with Crippen LogP contribution in [0.2, 0.25) is 0 Å². The van der Waals surface area contributed by atoms with E-state index in [-0.39, 0.29) is 11.4 Å². The number of ether oxygens (including phenoxy) is 4. The molecule has 1 aromatic rings. The second-order valence-corrected chi connectivity index (χ2v) is 6.47. The maximum atomic E-state index is 11.7. The first-order chi connectivity index (χ1) is 14.1. The van der Waals surface area contributed by atoms with E-state index in [0.717, 1.165) is 13.8 Å². The molecule has 0 saturated carbocycles. The summed E-state index contributed by atoms with van der Waals surface area (Å²) in [4.78, 5) is 45.1. The van der Waals surface area contributed by atoms with Crippen LogP contribution in [0.3, 0.4) is 0 Å². The number of nitrogens with zero attached hydrogens (tertiary/aromatic N) is 1. The lowest BCUT2D eigenvalue weighted by atomic mass is 9.96. The van der Waals surface area contributed by atoms with Crippen LogP contribution in [0.15, 0.2) is 24.3 Å². The summed E-state index contributed by atoms with van der Waals surface area (Å²) in [5, 5.41) is 23.0. The van der Waals surface area contributed by atoms with Gasteiger partial charge in [0.15, 0.2) is 12.2 Å². The van der Waals surface area contributed by atoms with Crippen molar-refractivity contribution in [1.82, 2.24) is 5.32 Å². The SMILES string of the molecule is CC(=O)N[C@H]1[C@H](Oc2ccc([N+](=O)[O-])cc2)O[C@H](CO)[C@@H](OC(C)=O)[C@@H]1OC(C)=O. The zero-order valence-electron chi connectivity index (χ0n) is 16.5. The number of hydrogen-bond donors (Lipinski definition) is 2. The van der Waals surface area contributed by atoms with Gasteiger partial charge in [-0.05, 0) is 12.1 Å². The number of rotatable bonds is 7. The number of non-ortho nitro benzene ring substituents is 1. The third-order valence-electron chi connectivity index (χ3n) is 4.10. The Kier molecular flexibility index (Phi) is 7.66. The maximum absolute atomic E-state index is 11.7. The molecule has 12 heteroatoms.